The average molecular weight is 285 g/mol. The highest BCUT2D eigenvalue weighted by Gasteiger charge is 2.36. The van der Waals surface area contributed by atoms with Gasteiger partial charge in [-0.2, -0.15) is 0 Å². The lowest BCUT2D eigenvalue weighted by Crippen LogP contribution is -2.52. The lowest BCUT2D eigenvalue weighted by molar-refractivity contribution is -0.0979. The second-order valence-corrected chi connectivity index (χ2v) is 5.43. The molecule has 0 atom stereocenters. The van der Waals surface area contributed by atoms with Gasteiger partial charge >= 0.3 is 0 Å². The standard InChI is InChI=1S/C12H17BrN2O/c1-9-4-10(13)2-3-11(9)15-6-12(5-14)7-16-8-12/h2-4,15H,5-8,14H2,1H3. The van der Waals surface area contributed by atoms with Crippen molar-refractivity contribution >= 4 is 21.6 Å². The molecule has 2 rings (SSSR count). The molecule has 88 valence electrons. The Bertz CT molecular complexity index is 372. The zero-order valence-corrected chi connectivity index (χ0v) is 11.0. The molecule has 0 amide bonds. The van der Waals surface area contributed by atoms with E-state index in [1.165, 1.54) is 11.3 Å². The van der Waals surface area contributed by atoms with Gasteiger partial charge in [0.15, 0.2) is 0 Å². The van der Waals surface area contributed by atoms with E-state index < -0.39 is 0 Å². The molecule has 1 fully saturated rings. The van der Waals surface area contributed by atoms with Crippen molar-refractivity contribution < 1.29 is 4.74 Å². The molecule has 0 unspecified atom stereocenters. The van der Waals surface area contributed by atoms with Gasteiger partial charge in [0.05, 0.1) is 13.2 Å². The number of aryl methyl sites for hydroxylation is 1. The number of anilines is 1. The van der Waals surface area contributed by atoms with Crippen molar-refractivity contribution in [3.8, 4) is 0 Å². The number of hydrogen-bond acceptors (Lipinski definition) is 3. The fraction of sp³-hybridized carbons (Fsp3) is 0.500. The van der Waals surface area contributed by atoms with Crippen LogP contribution in [0.25, 0.3) is 0 Å². The summed E-state index contributed by atoms with van der Waals surface area (Å²) in [5, 5.41) is 3.45. The number of rotatable bonds is 4. The van der Waals surface area contributed by atoms with Gasteiger partial charge in [0.1, 0.15) is 0 Å². The van der Waals surface area contributed by atoms with Gasteiger partial charge in [0.2, 0.25) is 0 Å². The lowest BCUT2D eigenvalue weighted by atomic mass is 9.86. The average Bonchev–Trinajstić information content (AvgIpc) is 2.19. The minimum Gasteiger partial charge on any atom is -0.384 e. The van der Waals surface area contributed by atoms with E-state index in [2.05, 4.69) is 40.3 Å². The Morgan fingerprint density at radius 3 is 2.75 bits per heavy atom. The van der Waals surface area contributed by atoms with Crippen molar-refractivity contribution in [3.05, 3.63) is 28.2 Å². The molecule has 3 nitrogen and oxygen atoms in total. The van der Waals surface area contributed by atoms with Crippen LogP contribution >= 0.6 is 15.9 Å². The number of nitrogens with one attached hydrogen (secondary N) is 1. The summed E-state index contributed by atoms with van der Waals surface area (Å²) in [6, 6.07) is 6.24. The van der Waals surface area contributed by atoms with Crippen LogP contribution in [0, 0.1) is 12.3 Å². The smallest absolute Gasteiger partial charge is 0.0574 e. The van der Waals surface area contributed by atoms with Crippen LogP contribution in [-0.4, -0.2) is 26.3 Å². The van der Waals surface area contributed by atoms with Gasteiger partial charge in [-0.25, -0.2) is 0 Å². The summed E-state index contributed by atoms with van der Waals surface area (Å²) in [6.07, 6.45) is 0. The second-order valence-electron chi connectivity index (χ2n) is 4.51. The van der Waals surface area contributed by atoms with E-state index in [4.69, 9.17) is 10.5 Å². The molecule has 1 aromatic carbocycles. The minimum absolute atomic E-state index is 0.138. The van der Waals surface area contributed by atoms with Crippen LogP contribution in [0.15, 0.2) is 22.7 Å². The first-order valence-electron chi connectivity index (χ1n) is 5.43. The van der Waals surface area contributed by atoms with Crippen molar-refractivity contribution in [1.29, 1.82) is 0 Å². The molecule has 1 heterocycles. The van der Waals surface area contributed by atoms with E-state index in [1.54, 1.807) is 0 Å². The van der Waals surface area contributed by atoms with Crippen LogP contribution in [0.2, 0.25) is 0 Å². The topological polar surface area (TPSA) is 47.3 Å². The lowest BCUT2D eigenvalue weighted by Gasteiger charge is -2.40. The molecular weight excluding hydrogens is 268 g/mol. The second kappa shape index (κ2) is 4.73. The molecule has 0 aliphatic carbocycles. The third-order valence-corrected chi connectivity index (χ3v) is 3.59. The first-order valence-corrected chi connectivity index (χ1v) is 6.22. The highest BCUT2D eigenvalue weighted by atomic mass is 79.9. The molecule has 16 heavy (non-hydrogen) atoms. The maximum Gasteiger partial charge on any atom is 0.0574 e. The van der Waals surface area contributed by atoms with Gasteiger partial charge in [-0.3, -0.25) is 0 Å². The predicted molar refractivity (Wildman–Crippen MR) is 69.7 cm³/mol. The number of nitrogens with two attached hydrogens (primary N) is 1. The molecule has 0 spiro atoms. The monoisotopic (exact) mass is 284 g/mol. The Labute approximate surface area is 104 Å². The van der Waals surface area contributed by atoms with Gasteiger partial charge in [0.25, 0.3) is 0 Å². The van der Waals surface area contributed by atoms with Crippen LogP contribution in [0.4, 0.5) is 5.69 Å². The van der Waals surface area contributed by atoms with Gasteiger partial charge in [0, 0.05) is 28.7 Å². The Morgan fingerprint density at radius 2 is 2.25 bits per heavy atom. The van der Waals surface area contributed by atoms with E-state index >= 15 is 0 Å². The fourth-order valence-corrected chi connectivity index (χ4v) is 2.27. The summed E-state index contributed by atoms with van der Waals surface area (Å²) in [6.45, 7) is 5.19. The quantitative estimate of drug-likeness (QED) is 0.891. The van der Waals surface area contributed by atoms with Crippen molar-refractivity contribution in [3.63, 3.8) is 0 Å². The molecule has 1 aromatic rings. The van der Waals surface area contributed by atoms with E-state index in [-0.39, 0.29) is 5.41 Å². The van der Waals surface area contributed by atoms with Crippen LogP contribution in [0.5, 0.6) is 0 Å². The van der Waals surface area contributed by atoms with E-state index in [1.807, 2.05) is 6.07 Å². The SMILES string of the molecule is Cc1cc(Br)ccc1NCC1(CN)COC1. The van der Waals surface area contributed by atoms with E-state index in [9.17, 15) is 0 Å². The van der Waals surface area contributed by atoms with Crippen molar-refractivity contribution in [2.75, 3.05) is 31.6 Å². The van der Waals surface area contributed by atoms with Gasteiger partial charge in [-0.1, -0.05) is 15.9 Å². The zero-order valence-electron chi connectivity index (χ0n) is 9.42. The summed E-state index contributed by atoms with van der Waals surface area (Å²) in [5.74, 6) is 0. The Balaban J connectivity index is 1.99. The summed E-state index contributed by atoms with van der Waals surface area (Å²) < 4.78 is 6.35. The maximum absolute atomic E-state index is 5.77. The minimum atomic E-state index is 0.138. The van der Waals surface area contributed by atoms with E-state index in [0.29, 0.717) is 6.54 Å². The number of hydrogen-bond donors (Lipinski definition) is 2. The third-order valence-electron chi connectivity index (χ3n) is 3.09. The molecule has 4 heteroatoms. The van der Waals surface area contributed by atoms with Crippen molar-refractivity contribution in [2.45, 2.75) is 6.92 Å². The first-order chi connectivity index (χ1) is 7.65. The van der Waals surface area contributed by atoms with E-state index in [0.717, 1.165) is 24.2 Å². The van der Waals surface area contributed by atoms with Crippen LogP contribution in [-0.2, 0) is 4.74 Å². The predicted octanol–water partition coefficient (Wildman–Crippen LogP) is 2.14. The summed E-state index contributed by atoms with van der Waals surface area (Å²) >= 11 is 3.46. The number of benzene rings is 1. The van der Waals surface area contributed by atoms with Crippen molar-refractivity contribution in [2.24, 2.45) is 11.1 Å². The van der Waals surface area contributed by atoms with Crippen LogP contribution < -0.4 is 11.1 Å². The molecule has 0 bridgehead atoms. The molecule has 0 aromatic heterocycles. The molecule has 0 radical (unpaired) electrons. The van der Waals surface area contributed by atoms with Crippen LogP contribution in [0.3, 0.4) is 0 Å². The number of halogens is 1. The Morgan fingerprint density at radius 1 is 1.50 bits per heavy atom. The van der Waals surface area contributed by atoms with Gasteiger partial charge in [-0.15, -0.1) is 0 Å². The van der Waals surface area contributed by atoms with Gasteiger partial charge in [-0.05, 0) is 30.7 Å². The molecule has 1 aliphatic rings. The molecular formula is C12H17BrN2O. The summed E-state index contributed by atoms with van der Waals surface area (Å²) in [7, 11) is 0. The highest BCUT2D eigenvalue weighted by Crippen LogP contribution is 2.27. The fourth-order valence-electron chi connectivity index (χ4n) is 1.79. The molecule has 0 saturated carbocycles. The largest absolute Gasteiger partial charge is 0.384 e. The number of ether oxygens (including phenoxy) is 1. The normalized spacial score (nSPS) is 17.9. The third kappa shape index (κ3) is 2.39. The Kier molecular flexibility index (Phi) is 3.52. The molecule has 3 N–H and O–H groups in total. The van der Waals surface area contributed by atoms with Gasteiger partial charge < -0.3 is 15.8 Å². The maximum atomic E-state index is 5.77. The molecule has 1 saturated heterocycles. The summed E-state index contributed by atoms with van der Waals surface area (Å²) in [5.41, 5.74) is 8.31. The van der Waals surface area contributed by atoms with Crippen LogP contribution in [0.1, 0.15) is 5.56 Å². The molecule has 1 aliphatic heterocycles. The Hall–Kier alpha value is -0.580. The zero-order chi connectivity index (χ0) is 11.6. The first kappa shape index (κ1) is 11.9. The summed E-state index contributed by atoms with van der Waals surface area (Å²) in [4.78, 5) is 0. The van der Waals surface area contributed by atoms with Crippen molar-refractivity contribution in [1.82, 2.24) is 0 Å². The highest BCUT2D eigenvalue weighted by molar-refractivity contribution is 9.10.